The van der Waals surface area contributed by atoms with Crippen molar-refractivity contribution in [1.82, 2.24) is 24.5 Å². The van der Waals surface area contributed by atoms with E-state index in [1.165, 1.54) is 35.5 Å². The van der Waals surface area contributed by atoms with Crippen LogP contribution in [0.2, 0.25) is 0 Å². The van der Waals surface area contributed by atoms with E-state index in [0.717, 1.165) is 0 Å². The van der Waals surface area contributed by atoms with E-state index in [-0.39, 0.29) is 16.9 Å². The number of anilines is 1. The Balaban J connectivity index is 1.88. The Morgan fingerprint density at radius 2 is 2.12 bits per heavy atom. The Morgan fingerprint density at radius 3 is 2.77 bits per heavy atom. The number of hydrogen-bond acceptors (Lipinski definition) is 6. The van der Waals surface area contributed by atoms with Crippen LogP contribution < -0.4 is 5.32 Å². The number of nitrogens with zero attached hydrogens (tertiary/aromatic N) is 6. The molecule has 1 N–H and O–H groups in total. The summed E-state index contributed by atoms with van der Waals surface area (Å²) in [5.74, 6) is 0.434. The van der Waals surface area contributed by atoms with Crippen LogP contribution in [0, 0.1) is 16.0 Å². The Hall–Kier alpha value is -3.56. The van der Waals surface area contributed by atoms with Crippen molar-refractivity contribution >= 4 is 17.4 Å². The number of carbonyl (C=O) groups excluding carboxylic acids is 1. The third-order valence-electron chi connectivity index (χ3n) is 3.60. The van der Waals surface area contributed by atoms with Gasteiger partial charge in [0, 0.05) is 24.2 Å². The fourth-order valence-corrected chi connectivity index (χ4v) is 2.46. The quantitative estimate of drug-likeness (QED) is 0.535. The van der Waals surface area contributed by atoms with Gasteiger partial charge in [0.05, 0.1) is 11.1 Å². The number of carbonyl (C=O) groups is 1. The van der Waals surface area contributed by atoms with Crippen LogP contribution >= 0.6 is 0 Å². The standard InChI is InChI=1S/C16H17N7O3/c1-11(2)8-21-15(5-6-18-21)20-16(24)12-3-4-13(14(7-12)23(25)26)22-10-17-9-19-22/h3-7,9-11H,8H2,1-2H3,(H,20,24). The molecule has 134 valence electrons. The summed E-state index contributed by atoms with van der Waals surface area (Å²) in [6.45, 7) is 4.73. The fourth-order valence-electron chi connectivity index (χ4n) is 2.46. The second-order valence-electron chi connectivity index (χ2n) is 6.05. The molecule has 0 aliphatic rings. The first-order chi connectivity index (χ1) is 12.5. The zero-order chi connectivity index (χ0) is 18.7. The molecule has 0 spiro atoms. The van der Waals surface area contributed by atoms with Crippen molar-refractivity contribution in [2.24, 2.45) is 5.92 Å². The van der Waals surface area contributed by atoms with E-state index in [4.69, 9.17) is 0 Å². The van der Waals surface area contributed by atoms with Gasteiger partial charge in [-0.3, -0.25) is 14.9 Å². The smallest absolute Gasteiger partial charge is 0.295 e. The molecule has 0 bridgehead atoms. The highest BCUT2D eigenvalue weighted by molar-refractivity contribution is 6.04. The number of nitro groups is 1. The molecule has 0 fully saturated rings. The minimum absolute atomic E-state index is 0.165. The van der Waals surface area contributed by atoms with E-state index < -0.39 is 10.8 Å². The van der Waals surface area contributed by atoms with Crippen LogP contribution in [0.15, 0.2) is 43.1 Å². The summed E-state index contributed by atoms with van der Waals surface area (Å²) in [7, 11) is 0. The van der Waals surface area contributed by atoms with Crippen molar-refractivity contribution in [3.63, 3.8) is 0 Å². The van der Waals surface area contributed by atoms with Gasteiger partial charge in [0.1, 0.15) is 24.2 Å². The van der Waals surface area contributed by atoms with Crippen molar-refractivity contribution in [1.29, 1.82) is 0 Å². The summed E-state index contributed by atoms with van der Waals surface area (Å²) in [5, 5.41) is 22.2. The van der Waals surface area contributed by atoms with Gasteiger partial charge in [-0.2, -0.15) is 10.2 Å². The fraction of sp³-hybridized carbons (Fsp3) is 0.250. The van der Waals surface area contributed by atoms with Crippen molar-refractivity contribution < 1.29 is 9.72 Å². The van der Waals surface area contributed by atoms with Gasteiger partial charge in [0.25, 0.3) is 11.6 Å². The summed E-state index contributed by atoms with van der Waals surface area (Å²) in [6, 6.07) is 5.86. The molecule has 0 aliphatic heterocycles. The predicted octanol–water partition coefficient (Wildman–Crippen LogP) is 2.28. The highest BCUT2D eigenvalue weighted by Crippen LogP contribution is 2.24. The molecule has 1 amide bonds. The molecule has 0 radical (unpaired) electrons. The highest BCUT2D eigenvalue weighted by atomic mass is 16.6. The maximum absolute atomic E-state index is 12.5. The molecule has 0 atom stereocenters. The Morgan fingerprint density at radius 1 is 1.31 bits per heavy atom. The largest absolute Gasteiger partial charge is 0.307 e. The lowest BCUT2D eigenvalue weighted by Gasteiger charge is -2.11. The molecule has 0 saturated heterocycles. The highest BCUT2D eigenvalue weighted by Gasteiger charge is 2.20. The van der Waals surface area contributed by atoms with Gasteiger partial charge >= 0.3 is 0 Å². The number of hydrogen-bond donors (Lipinski definition) is 1. The van der Waals surface area contributed by atoms with E-state index in [0.29, 0.717) is 18.3 Å². The zero-order valence-corrected chi connectivity index (χ0v) is 14.2. The average Bonchev–Trinajstić information content (AvgIpc) is 3.26. The maximum Gasteiger partial charge on any atom is 0.295 e. The third kappa shape index (κ3) is 3.58. The normalized spacial score (nSPS) is 10.9. The molecule has 3 rings (SSSR count). The molecule has 10 nitrogen and oxygen atoms in total. The van der Waals surface area contributed by atoms with Gasteiger partial charge in [-0.05, 0) is 18.1 Å². The summed E-state index contributed by atoms with van der Waals surface area (Å²) in [6.07, 6.45) is 4.22. The summed E-state index contributed by atoms with van der Waals surface area (Å²) >= 11 is 0. The van der Waals surface area contributed by atoms with Crippen LogP contribution in [0.4, 0.5) is 11.5 Å². The number of aromatic nitrogens is 5. The first-order valence-electron chi connectivity index (χ1n) is 7.92. The molecule has 0 saturated carbocycles. The van der Waals surface area contributed by atoms with Gasteiger partial charge in [0.15, 0.2) is 0 Å². The van der Waals surface area contributed by atoms with Crippen molar-refractivity contribution in [3.8, 4) is 5.69 Å². The zero-order valence-electron chi connectivity index (χ0n) is 14.2. The second kappa shape index (κ2) is 7.13. The molecule has 0 unspecified atom stereocenters. The molecule has 0 aliphatic carbocycles. The van der Waals surface area contributed by atoms with Gasteiger partial charge in [-0.25, -0.2) is 14.3 Å². The van der Waals surface area contributed by atoms with Crippen molar-refractivity contribution in [2.75, 3.05) is 5.32 Å². The summed E-state index contributed by atoms with van der Waals surface area (Å²) in [5.41, 5.74) is 0.158. The molecular formula is C16H17N7O3. The van der Waals surface area contributed by atoms with Crippen molar-refractivity contribution in [3.05, 3.63) is 58.8 Å². The van der Waals surface area contributed by atoms with Crippen LogP contribution in [0.5, 0.6) is 0 Å². The molecule has 2 heterocycles. The molecule has 1 aromatic carbocycles. The Bertz CT molecular complexity index is 931. The van der Waals surface area contributed by atoms with Crippen molar-refractivity contribution in [2.45, 2.75) is 20.4 Å². The lowest BCUT2D eigenvalue weighted by Crippen LogP contribution is -2.17. The van der Waals surface area contributed by atoms with Gasteiger partial charge in [-0.1, -0.05) is 13.8 Å². The minimum Gasteiger partial charge on any atom is -0.307 e. The van der Waals surface area contributed by atoms with E-state index in [9.17, 15) is 14.9 Å². The molecular weight excluding hydrogens is 338 g/mol. The van der Waals surface area contributed by atoms with Crippen LogP contribution in [-0.2, 0) is 6.54 Å². The summed E-state index contributed by atoms with van der Waals surface area (Å²) < 4.78 is 2.96. The summed E-state index contributed by atoms with van der Waals surface area (Å²) in [4.78, 5) is 27.1. The first kappa shape index (κ1) is 17.3. The molecule has 2 aromatic heterocycles. The monoisotopic (exact) mass is 355 g/mol. The second-order valence-corrected chi connectivity index (χ2v) is 6.05. The molecule has 26 heavy (non-hydrogen) atoms. The van der Waals surface area contributed by atoms with Crippen LogP contribution in [0.3, 0.4) is 0 Å². The lowest BCUT2D eigenvalue weighted by atomic mass is 10.1. The number of nitro benzene ring substituents is 1. The SMILES string of the molecule is CC(C)Cn1nccc1NC(=O)c1ccc(-n2cncn2)c([N+](=O)[O-])c1. The van der Waals surface area contributed by atoms with E-state index in [1.807, 2.05) is 13.8 Å². The third-order valence-corrected chi connectivity index (χ3v) is 3.60. The van der Waals surface area contributed by atoms with Crippen LogP contribution in [0.1, 0.15) is 24.2 Å². The maximum atomic E-state index is 12.5. The number of nitrogens with one attached hydrogen (secondary N) is 1. The number of benzene rings is 1. The molecule has 10 heteroatoms. The van der Waals surface area contributed by atoms with Gasteiger partial charge in [0.2, 0.25) is 0 Å². The topological polar surface area (TPSA) is 121 Å². The number of amides is 1. The van der Waals surface area contributed by atoms with E-state index in [1.54, 1.807) is 16.9 Å². The predicted molar refractivity (Wildman–Crippen MR) is 93.0 cm³/mol. The van der Waals surface area contributed by atoms with E-state index in [2.05, 4.69) is 20.5 Å². The Kier molecular flexibility index (Phi) is 4.74. The molecule has 3 aromatic rings. The number of rotatable bonds is 6. The Labute approximate surface area is 148 Å². The van der Waals surface area contributed by atoms with Gasteiger partial charge < -0.3 is 5.32 Å². The lowest BCUT2D eigenvalue weighted by molar-refractivity contribution is -0.384. The van der Waals surface area contributed by atoms with E-state index >= 15 is 0 Å². The minimum atomic E-state index is -0.559. The van der Waals surface area contributed by atoms with Gasteiger partial charge in [-0.15, -0.1) is 0 Å². The van der Waals surface area contributed by atoms with Crippen LogP contribution in [0.25, 0.3) is 5.69 Å². The average molecular weight is 355 g/mol. The first-order valence-corrected chi connectivity index (χ1v) is 7.92. The van der Waals surface area contributed by atoms with Crippen LogP contribution in [-0.4, -0.2) is 35.4 Å².